The van der Waals surface area contributed by atoms with Gasteiger partial charge in [-0.1, -0.05) is 11.8 Å². The molecule has 2 aliphatic rings. The molecular weight excluding hydrogens is 306 g/mol. The molecule has 0 aromatic carbocycles. The van der Waals surface area contributed by atoms with Crippen LogP contribution in [-0.4, -0.2) is 50.6 Å². The van der Waals surface area contributed by atoms with Crippen LogP contribution in [0, 0.1) is 0 Å². The zero-order chi connectivity index (χ0) is 14.4. The zero-order valence-corrected chi connectivity index (χ0v) is 13.2. The van der Waals surface area contributed by atoms with Crippen molar-refractivity contribution in [2.45, 2.75) is 35.7 Å². The quantitative estimate of drug-likeness (QED) is 0.868. The Bertz CT molecular complexity index is 699. The summed E-state index contributed by atoms with van der Waals surface area (Å²) >= 11 is 3.20. The van der Waals surface area contributed by atoms with E-state index in [4.69, 9.17) is 0 Å². The molecule has 8 heteroatoms. The first-order valence-corrected chi connectivity index (χ1v) is 9.00. The van der Waals surface area contributed by atoms with Crippen molar-refractivity contribution in [1.29, 1.82) is 0 Å². The van der Waals surface area contributed by atoms with Gasteiger partial charge >= 0.3 is 0 Å². The highest BCUT2D eigenvalue weighted by atomic mass is 32.2. The Labute approximate surface area is 130 Å². The minimum absolute atomic E-state index is 0.135. The molecule has 4 rings (SSSR count). The molecule has 2 aromatic rings. The number of fused-ring (bicyclic) bond motifs is 1. The standard InChI is InChI=1S/C13H15N5OS2/c1-20-13-17-12-10(21-13)11(14-6-15-12)16-7-4-9(19)18(5-7)8-2-3-8/h6-8H,2-5H2,1H3,(H,14,15,16). The molecule has 1 atom stereocenters. The van der Waals surface area contributed by atoms with Crippen LogP contribution in [0.1, 0.15) is 19.3 Å². The molecule has 110 valence electrons. The third-order valence-corrected chi connectivity index (χ3v) is 5.87. The second kappa shape index (κ2) is 5.10. The van der Waals surface area contributed by atoms with Gasteiger partial charge in [-0.2, -0.15) is 0 Å². The Morgan fingerprint density at radius 2 is 2.29 bits per heavy atom. The number of nitrogens with one attached hydrogen (secondary N) is 1. The largest absolute Gasteiger partial charge is 0.364 e. The Balaban J connectivity index is 1.57. The fraction of sp³-hybridized carbons (Fsp3) is 0.538. The first kappa shape index (κ1) is 13.3. The number of anilines is 1. The highest BCUT2D eigenvalue weighted by molar-refractivity contribution is 8.00. The summed E-state index contributed by atoms with van der Waals surface area (Å²) in [5, 5.41) is 3.41. The number of likely N-dealkylation sites (tertiary alicyclic amines) is 1. The molecule has 1 unspecified atom stereocenters. The molecule has 0 bridgehead atoms. The summed E-state index contributed by atoms with van der Waals surface area (Å²) in [5.41, 5.74) is 0.727. The Kier molecular flexibility index (Phi) is 3.22. The normalized spacial score (nSPS) is 22.2. The molecule has 1 saturated heterocycles. The van der Waals surface area contributed by atoms with Crippen LogP contribution in [0.25, 0.3) is 10.3 Å². The van der Waals surface area contributed by atoms with Crippen LogP contribution in [-0.2, 0) is 4.79 Å². The molecule has 0 radical (unpaired) electrons. The van der Waals surface area contributed by atoms with E-state index < -0.39 is 0 Å². The lowest BCUT2D eigenvalue weighted by Crippen LogP contribution is -2.29. The zero-order valence-electron chi connectivity index (χ0n) is 11.6. The van der Waals surface area contributed by atoms with Crippen LogP contribution in [0.4, 0.5) is 5.82 Å². The lowest BCUT2D eigenvalue weighted by atomic mass is 10.2. The minimum atomic E-state index is 0.135. The Morgan fingerprint density at radius 1 is 1.43 bits per heavy atom. The van der Waals surface area contributed by atoms with E-state index in [0.717, 1.165) is 39.9 Å². The summed E-state index contributed by atoms with van der Waals surface area (Å²) in [6.45, 7) is 0.781. The van der Waals surface area contributed by atoms with Crippen molar-refractivity contribution in [3.63, 3.8) is 0 Å². The van der Waals surface area contributed by atoms with Gasteiger partial charge in [0, 0.05) is 19.0 Å². The van der Waals surface area contributed by atoms with Gasteiger partial charge in [0.05, 0.1) is 6.04 Å². The highest BCUT2D eigenvalue weighted by Gasteiger charge is 2.39. The summed E-state index contributed by atoms with van der Waals surface area (Å²) in [6.07, 6.45) is 6.39. The van der Waals surface area contributed by atoms with Gasteiger partial charge in [0.2, 0.25) is 5.91 Å². The van der Waals surface area contributed by atoms with E-state index in [2.05, 4.69) is 20.3 Å². The average molecular weight is 321 g/mol. The molecule has 6 nitrogen and oxygen atoms in total. The maximum atomic E-state index is 12.0. The smallest absolute Gasteiger partial charge is 0.225 e. The first-order valence-electron chi connectivity index (χ1n) is 6.96. The van der Waals surface area contributed by atoms with Crippen LogP contribution < -0.4 is 5.32 Å². The van der Waals surface area contributed by atoms with E-state index in [0.29, 0.717) is 12.5 Å². The van der Waals surface area contributed by atoms with Crippen LogP contribution >= 0.6 is 23.1 Å². The number of rotatable bonds is 4. The van der Waals surface area contributed by atoms with Gasteiger partial charge in [-0.15, -0.1) is 11.3 Å². The molecule has 3 heterocycles. The van der Waals surface area contributed by atoms with Crippen LogP contribution in [0.15, 0.2) is 10.7 Å². The molecular formula is C13H15N5OS2. The molecule has 1 aliphatic heterocycles. The van der Waals surface area contributed by atoms with Crippen LogP contribution in [0.2, 0.25) is 0 Å². The Morgan fingerprint density at radius 3 is 3.05 bits per heavy atom. The van der Waals surface area contributed by atoms with E-state index in [1.807, 2.05) is 11.2 Å². The maximum Gasteiger partial charge on any atom is 0.225 e. The van der Waals surface area contributed by atoms with Crippen LogP contribution in [0.3, 0.4) is 0 Å². The lowest BCUT2D eigenvalue weighted by Gasteiger charge is -2.16. The average Bonchev–Trinajstić information content (AvgIpc) is 3.12. The summed E-state index contributed by atoms with van der Waals surface area (Å²) in [7, 11) is 0. The summed E-state index contributed by atoms with van der Waals surface area (Å²) in [5.74, 6) is 1.06. The van der Waals surface area contributed by atoms with Crippen LogP contribution in [0.5, 0.6) is 0 Å². The van der Waals surface area contributed by atoms with Crippen molar-refractivity contribution in [3.05, 3.63) is 6.33 Å². The van der Waals surface area contributed by atoms with Gasteiger partial charge in [0.1, 0.15) is 16.8 Å². The van der Waals surface area contributed by atoms with Gasteiger partial charge in [0.15, 0.2) is 9.99 Å². The third-order valence-electron chi connectivity index (χ3n) is 3.83. The van der Waals surface area contributed by atoms with Gasteiger partial charge < -0.3 is 10.2 Å². The van der Waals surface area contributed by atoms with Crippen molar-refractivity contribution < 1.29 is 4.79 Å². The molecule has 1 N–H and O–H groups in total. The summed E-state index contributed by atoms with van der Waals surface area (Å²) in [6, 6.07) is 0.622. The monoisotopic (exact) mass is 321 g/mol. The van der Waals surface area contributed by atoms with E-state index in [1.54, 1.807) is 23.1 Å². The van der Waals surface area contributed by atoms with Crippen molar-refractivity contribution in [2.75, 3.05) is 18.1 Å². The molecule has 2 aromatic heterocycles. The molecule has 1 amide bonds. The van der Waals surface area contributed by atoms with Gasteiger partial charge in [-0.25, -0.2) is 15.0 Å². The number of carbonyl (C=O) groups is 1. The minimum Gasteiger partial charge on any atom is -0.364 e. The van der Waals surface area contributed by atoms with E-state index in [1.165, 1.54) is 6.33 Å². The van der Waals surface area contributed by atoms with Crippen molar-refractivity contribution in [3.8, 4) is 0 Å². The number of thioether (sulfide) groups is 1. The van der Waals surface area contributed by atoms with E-state index in [9.17, 15) is 4.79 Å². The Hall–Kier alpha value is -1.41. The van der Waals surface area contributed by atoms with Crippen molar-refractivity contribution >= 4 is 45.2 Å². The number of carbonyl (C=O) groups excluding carboxylic acids is 1. The van der Waals surface area contributed by atoms with Crippen molar-refractivity contribution in [1.82, 2.24) is 19.9 Å². The summed E-state index contributed by atoms with van der Waals surface area (Å²) in [4.78, 5) is 27.0. The third kappa shape index (κ3) is 2.46. The fourth-order valence-electron chi connectivity index (χ4n) is 2.69. The molecule has 21 heavy (non-hydrogen) atoms. The second-order valence-electron chi connectivity index (χ2n) is 5.38. The maximum absolute atomic E-state index is 12.0. The van der Waals surface area contributed by atoms with Crippen molar-refractivity contribution in [2.24, 2.45) is 0 Å². The fourth-order valence-corrected chi connectivity index (χ4v) is 4.15. The topological polar surface area (TPSA) is 71.0 Å². The molecule has 2 fully saturated rings. The number of amides is 1. The van der Waals surface area contributed by atoms with Gasteiger partial charge in [0.25, 0.3) is 0 Å². The predicted octanol–water partition coefficient (Wildman–Crippen LogP) is 1.98. The van der Waals surface area contributed by atoms with Gasteiger partial charge in [-0.3, -0.25) is 4.79 Å². The molecule has 1 saturated carbocycles. The number of nitrogens with zero attached hydrogens (tertiary/aromatic N) is 4. The molecule has 0 spiro atoms. The highest BCUT2D eigenvalue weighted by Crippen LogP contribution is 2.34. The molecule has 1 aliphatic carbocycles. The number of hydrogen-bond acceptors (Lipinski definition) is 7. The number of thiazole rings is 1. The number of hydrogen-bond donors (Lipinski definition) is 1. The first-order chi connectivity index (χ1) is 10.2. The lowest BCUT2D eigenvalue weighted by molar-refractivity contribution is -0.128. The second-order valence-corrected chi connectivity index (χ2v) is 7.43. The SMILES string of the molecule is CSc1nc2ncnc(NC3CC(=O)N(C4CC4)C3)c2s1. The number of aromatic nitrogens is 3. The summed E-state index contributed by atoms with van der Waals surface area (Å²) < 4.78 is 1.95. The van der Waals surface area contributed by atoms with E-state index >= 15 is 0 Å². The van der Waals surface area contributed by atoms with E-state index in [-0.39, 0.29) is 11.9 Å². The predicted molar refractivity (Wildman–Crippen MR) is 83.8 cm³/mol. The van der Waals surface area contributed by atoms with Gasteiger partial charge in [-0.05, 0) is 19.1 Å².